The van der Waals surface area contributed by atoms with Crippen LogP contribution in [0, 0.1) is 5.92 Å². The van der Waals surface area contributed by atoms with Crippen LogP contribution in [-0.4, -0.2) is 37.6 Å². The minimum Gasteiger partial charge on any atom is -0.292 e. The van der Waals surface area contributed by atoms with Crippen LogP contribution in [0.5, 0.6) is 0 Å². The van der Waals surface area contributed by atoms with Gasteiger partial charge in [-0.15, -0.1) is 0 Å². The number of alkyl halides is 1. The standard InChI is InChI=1S/C12H21BrN4/c1-3-5-17-12(14-9-15-17)8-16-6-4-10(2)11(16)7-13/h9-11H,3-8H2,1-2H3. The van der Waals surface area contributed by atoms with Crippen LogP contribution in [0.15, 0.2) is 6.33 Å². The van der Waals surface area contributed by atoms with Gasteiger partial charge in [-0.25, -0.2) is 9.67 Å². The van der Waals surface area contributed by atoms with Gasteiger partial charge in [0.2, 0.25) is 0 Å². The molecule has 1 aromatic rings. The quantitative estimate of drug-likeness (QED) is 0.783. The Kier molecular flexibility index (Phi) is 4.56. The smallest absolute Gasteiger partial charge is 0.141 e. The summed E-state index contributed by atoms with van der Waals surface area (Å²) in [6.07, 6.45) is 4.07. The molecule has 0 saturated carbocycles. The number of halogens is 1. The van der Waals surface area contributed by atoms with Crippen LogP contribution in [0.2, 0.25) is 0 Å². The fourth-order valence-corrected chi connectivity index (χ4v) is 3.57. The molecule has 0 aliphatic carbocycles. The third-order valence-corrected chi connectivity index (χ3v) is 4.29. The van der Waals surface area contributed by atoms with Crippen molar-refractivity contribution in [2.45, 2.75) is 45.8 Å². The molecule has 0 radical (unpaired) electrons. The Morgan fingerprint density at radius 3 is 3.06 bits per heavy atom. The Morgan fingerprint density at radius 1 is 1.53 bits per heavy atom. The van der Waals surface area contributed by atoms with Crippen LogP contribution in [0.1, 0.15) is 32.5 Å². The molecule has 0 N–H and O–H groups in total. The third-order valence-electron chi connectivity index (χ3n) is 3.63. The lowest BCUT2D eigenvalue weighted by atomic mass is 10.1. The average molecular weight is 301 g/mol. The van der Waals surface area contributed by atoms with Gasteiger partial charge in [-0.1, -0.05) is 29.8 Å². The molecular weight excluding hydrogens is 280 g/mol. The van der Waals surface area contributed by atoms with Crippen molar-refractivity contribution in [1.29, 1.82) is 0 Å². The van der Waals surface area contributed by atoms with Gasteiger partial charge in [0.15, 0.2) is 0 Å². The maximum atomic E-state index is 4.39. The Hall–Kier alpha value is -0.420. The monoisotopic (exact) mass is 300 g/mol. The molecule has 17 heavy (non-hydrogen) atoms. The van der Waals surface area contributed by atoms with Gasteiger partial charge in [0.25, 0.3) is 0 Å². The van der Waals surface area contributed by atoms with Crippen LogP contribution in [0.3, 0.4) is 0 Å². The Balaban J connectivity index is 2.02. The topological polar surface area (TPSA) is 34.0 Å². The fraction of sp³-hybridized carbons (Fsp3) is 0.833. The highest BCUT2D eigenvalue weighted by Crippen LogP contribution is 2.26. The first-order chi connectivity index (χ1) is 8.26. The van der Waals surface area contributed by atoms with Crippen LogP contribution in [0.4, 0.5) is 0 Å². The van der Waals surface area contributed by atoms with E-state index in [2.05, 4.69) is 44.8 Å². The van der Waals surface area contributed by atoms with E-state index < -0.39 is 0 Å². The molecule has 5 heteroatoms. The number of aryl methyl sites for hydroxylation is 1. The van der Waals surface area contributed by atoms with Gasteiger partial charge in [-0.05, 0) is 25.3 Å². The van der Waals surface area contributed by atoms with Crippen molar-refractivity contribution in [2.24, 2.45) is 5.92 Å². The number of aromatic nitrogens is 3. The zero-order chi connectivity index (χ0) is 12.3. The maximum Gasteiger partial charge on any atom is 0.141 e. The molecule has 1 fully saturated rings. The van der Waals surface area contributed by atoms with E-state index in [9.17, 15) is 0 Å². The highest BCUT2D eigenvalue weighted by Gasteiger charge is 2.30. The minimum atomic E-state index is 0.641. The second kappa shape index (κ2) is 5.96. The highest BCUT2D eigenvalue weighted by molar-refractivity contribution is 9.09. The summed E-state index contributed by atoms with van der Waals surface area (Å²) < 4.78 is 2.04. The van der Waals surface area contributed by atoms with Crippen LogP contribution < -0.4 is 0 Å². The summed E-state index contributed by atoms with van der Waals surface area (Å²) in [4.78, 5) is 6.91. The van der Waals surface area contributed by atoms with Crippen LogP contribution >= 0.6 is 15.9 Å². The Bertz CT molecular complexity index is 352. The van der Waals surface area contributed by atoms with E-state index in [4.69, 9.17) is 0 Å². The predicted octanol–water partition coefficient (Wildman–Crippen LogP) is 2.29. The van der Waals surface area contributed by atoms with E-state index >= 15 is 0 Å². The van der Waals surface area contributed by atoms with Gasteiger partial charge in [0.1, 0.15) is 12.2 Å². The zero-order valence-corrected chi connectivity index (χ0v) is 12.2. The van der Waals surface area contributed by atoms with Gasteiger partial charge in [0, 0.05) is 17.9 Å². The molecule has 4 nitrogen and oxygen atoms in total. The molecule has 2 unspecified atom stereocenters. The van der Waals surface area contributed by atoms with E-state index in [0.29, 0.717) is 6.04 Å². The second-order valence-corrected chi connectivity index (χ2v) is 5.50. The lowest BCUT2D eigenvalue weighted by molar-refractivity contribution is 0.233. The van der Waals surface area contributed by atoms with Crippen molar-refractivity contribution in [3.63, 3.8) is 0 Å². The largest absolute Gasteiger partial charge is 0.292 e. The molecule has 1 aliphatic rings. The molecule has 1 saturated heterocycles. The summed E-state index contributed by atoms with van der Waals surface area (Å²) >= 11 is 3.63. The SMILES string of the molecule is CCCn1ncnc1CN1CCC(C)C1CBr. The van der Waals surface area contributed by atoms with E-state index in [-0.39, 0.29) is 0 Å². The molecule has 2 rings (SSSR count). The summed E-state index contributed by atoms with van der Waals surface area (Å²) in [6, 6.07) is 0.641. The molecule has 2 atom stereocenters. The van der Waals surface area contributed by atoms with Crippen molar-refractivity contribution in [3.8, 4) is 0 Å². The second-order valence-electron chi connectivity index (χ2n) is 4.86. The Morgan fingerprint density at radius 2 is 2.35 bits per heavy atom. The molecule has 96 valence electrons. The zero-order valence-electron chi connectivity index (χ0n) is 10.6. The molecule has 0 bridgehead atoms. The summed E-state index contributed by atoms with van der Waals surface area (Å²) in [5.74, 6) is 1.88. The van der Waals surface area contributed by atoms with Gasteiger partial charge >= 0.3 is 0 Å². The van der Waals surface area contributed by atoms with E-state index in [1.807, 2.05) is 4.68 Å². The van der Waals surface area contributed by atoms with Crippen molar-refractivity contribution in [2.75, 3.05) is 11.9 Å². The first-order valence-corrected chi connectivity index (χ1v) is 7.55. The van der Waals surface area contributed by atoms with Crippen LogP contribution in [0.25, 0.3) is 0 Å². The van der Waals surface area contributed by atoms with Crippen molar-refractivity contribution < 1.29 is 0 Å². The molecule has 2 heterocycles. The predicted molar refractivity (Wildman–Crippen MR) is 72.1 cm³/mol. The number of hydrogen-bond acceptors (Lipinski definition) is 3. The normalized spacial score (nSPS) is 25.6. The summed E-state index contributed by atoms with van der Waals surface area (Å²) in [7, 11) is 0. The minimum absolute atomic E-state index is 0.641. The van der Waals surface area contributed by atoms with E-state index in [0.717, 1.165) is 36.6 Å². The lowest BCUT2D eigenvalue weighted by Crippen LogP contribution is -2.34. The average Bonchev–Trinajstić information content (AvgIpc) is 2.88. The van der Waals surface area contributed by atoms with Gasteiger partial charge < -0.3 is 0 Å². The summed E-state index contributed by atoms with van der Waals surface area (Å²) in [5, 5.41) is 5.34. The molecule has 1 aliphatic heterocycles. The fourth-order valence-electron chi connectivity index (χ4n) is 2.52. The number of likely N-dealkylation sites (tertiary alicyclic amines) is 1. The van der Waals surface area contributed by atoms with Gasteiger partial charge in [0.05, 0.1) is 6.54 Å². The van der Waals surface area contributed by atoms with Crippen molar-refractivity contribution in [3.05, 3.63) is 12.2 Å². The summed E-state index contributed by atoms with van der Waals surface area (Å²) in [6.45, 7) is 7.59. The van der Waals surface area contributed by atoms with Gasteiger partial charge in [-0.2, -0.15) is 5.10 Å². The number of hydrogen-bond donors (Lipinski definition) is 0. The summed E-state index contributed by atoms with van der Waals surface area (Å²) in [5.41, 5.74) is 0. The van der Waals surface area contributed by atoms with E-state index in [1.165, 1.54) is 13.0 Å². The molecule has 0 amide bonds. The van der Waals surface area contributed by atoms with Gasteiger partial charge in [-0.3, -0.25) is 4.90 Å². The third kappa shape index (κ3) is 2.88. The van der Waals surface area contributed by atoms with Crippen molar-refractivity contribution in [1.82, 2.24) is 19.7 Å². The number of nitrogens with zero attached hydrogens (tertiary/aromatic N) is 4. The maximum absolute atomic E-state index is 4.39. The van der Waals surface area contributed by atoms with Crippen LogP contribution in [-0.2, 0) is 13.1 Å². The van der Waals surface area contributed by atoms with E-state index in [1.54, 1.807) is 6.33 Å². The molecule has 1 aromatic heterocycles. The first kappa shape index (κ1) is 13.0. The number of rotatable bonds is 5. The Labute approximate surface area is 112 Å². The van der Waals surface area contributed by atoms with Crippen molar-refractivity contribution >= 4 is 15.9 Å². The molecule has 0 spiro atoms. The molecular formula is C12H21BrN4. The highest BCUT2D eigenvalue weighted by atomic mass is 79.9. The first-order valence-electron chi connectivity index (χ1n) is 6.43. The lowest BCUT2D eigenvalue weighted by Gasteiger charge is -2.24. The molecule has 0 aromatic carbocycles.